The Kier molecular flexibility index (Phi) is 8.58. The SMILES string of the molecule is CC.CCCCCC(=O)OC1CCNC1=O. The van der Waals surface area contributed by atoms with E-state index in [4.69, 9.17) is 4.74 Å². The second-order valence-corrected chi connectivity index (χ2v) is 3.52. The van der Waals surface area contributed by atoms with Gasteiger partial charge in [0.25, 0.3) is 5.91 Å². The average molecular weight is 229 g/mol. The Labute approximate surface area is 97.7 Å². The third kappa shape index (κ3) is 5.73. The Bertz CT molecular complexity index is 216. The minimum Gasteiger partial charge on any atom is -0.452 e. The van der Waals surface area contributed by atoms with Crippen LogP contribution in [0.2, 0.25) is 0 Å². The van der Waals surface area contributed by atoms with Gasteiger partial charge in [-0.3, -0.25) is 9.59 Å². The van der Waals surface area contributed by atoms with Gasteiger partial charge in [-0.05, 0) is 6.42 Å². The molecule has 0 bridgehead atoms. The number of carbonyl (C=O) groups excluding carboxylic acids is 2. The van der Waals surface area contributed by atoms with Gasteiger partial charge >= 0.3 is 5.97 Å². The predicted octanol–water partition coefficient (Wildman–Crippen LogP) is 2.02. The summed E-state index contributed by atoms with van der Waals surface area (Å²) in [5.41, 5.74) is 0. The number of amides is 1. The summed E-state index contributed by atoms with van der Waals surface area (Å²) in [5, 5.41) is 2.63. The maximum atomic E-state index is 11.2. The monoisotopic (exact) mass is 229 g/mol. The number of hydrogen-bond acceptors (Lipinski definition) is 3. The van der Waals surface area contributed by atoms with Gasteiger partial charge in [-0.25, -0.2) is 0 Å². The highest BCUT2D eigenvalue weighted by atomic mass is 16.5. The van der Waals surface area contributed by atoms with Crippen molar-refractivity contribution in [2.45, 2.75) is 59.0 Å². The van der Waals surface area contributed by atoms with E-state index >= 15 is 0 Å². The van der Waals surface area contributed by atoms with Crippen LogP contribution in [0.4, 0.5) is 0 Å². The van der Waals surface area contributed by atoms with E-state index in [0.29, 0.717) is 19.4 Å². The molecule has 1 heterocycles. The smallest absolute Gasteiger partial charge is 0.306 e. The first-order valence-corrected chi connectivity index (χ1v) is 6.21. The van der Waals surface area contributed by atoms with Crippen molar-refractivity contribution >= 4 is 11.9 Å². The van der Waals surface area contributed by atoms with Crippen molar-refractivity contribution in [3.63, 3.8) is 0 Å². The number of unbranched alkanes of at least 4 members (excludes halogenated alkanes) is 2. The Morgan fingerprint density at radius 1 is 1.44 bits per heavy atom. The Morgan fingerprint density at radius 3 is 2.62 bits per heavy atom. The van der Waals surface area contributed by atoms with Crippen LogP contribution in [0.15, 0.2) is 0 Å². The predicted molar refractivity (Wildman–Crippen MR) is 63.0 cm³/mol. The summed E-state index contributed by atoms with van der Waals surface area (Å²) in [6, 6.07) is 0. The van der Waals surface area contributed by atoms with Crippen LogP contribution in [0.1, 0.15) is 52.9 Å². The van der Waals surface area contributed by atoms with Gasteiger partial charge in [0.2, 0.25) is 0 Å². The molecule has 0 aliphatic carbocycles. The molecule has 4 nitrogen and oxygen atoms in total. The maximum Gasteiger partial charge on any atom is 0.306 e. The molecular weight excluding hydrogens is 206 g/mol. The second-order valence-electron chi connectivity index (χ2n) is 3.52. The quantitative estimate of drug-likeness (QED) is 0.579. The maximum absolute atomic E-state index is 11.2. The van der Waals surface area contributed by atoms with Crippen molar-refractivity contribution in [1.82, 2.24) is 5.32 Å². The van der Waals surface area contributed by atoms with Crippen LogP contribution >= 0.6 is 0 Å². The largest absolute Gasteiger partial charge is 0.452 e. The molecule has 0 saturated carbocycles. The fourth-order valence-corrected chi connectivity index (χ4v) is 1.42. The number of hydrogen-bond donors (Lipinski definition) is 1. The fraction of sp³-hybridized carbons (Fsp3) is 0.833. The molecule has 1 aliphatic rings. The fourth-order valence-electron chi connectivity index (χ4n) is 1.42. The summed E-state index contributed by atoms with van der Waals surface area (Å²) in [6.07, 6.45) is 3.46. The van der Waals surface area contributed by atoms with Crippen LogP contribution < -0.4 is 5.32 Å². The third-order valence-electron chi connectivity index (χ3n) is 2.26. The van der Waals surface area contributed by atoms with Gasteiger partial charge in [0.1, 0.15) is 0 Å². The summed E-state index contributed by atoms with van der Waals surface area (Å²) in [4.78, 5) is 22.3. The van der Waals surface area contributed by atoms with Gasteiger partial charge in [0, 0.05) is 19.4 Å². The zero-order valence-corrected chi connectivity index (χ0v) is 10.5. The van der Waals surface area contributed by atoms with Crippen molar-refractivity contribution < 1.29 is 14.3 Å². The lowest BCUT2D eigenvalue weighted by molar-refractivity contribution is -0.154. The molecule has 1 saturated heterocycles. The Morgan fingerprint density at radius 2 is 2.12 bits per heavy atom. The summed E-state index contributed by atoms with van der Waals surface area (Å²) >= 11 is 0. The van der Waals surface area contributed by atoms with Crippen molar-refractivity contribution in [2.24, 2.45) is 0 Å². The van der Waals surface area contributed by atoms with Crippen molar-refractivity contribution in [1.29, 1.82) is 0 Å². The van der Waals surface area contributed by atoms with Gasteiger partial charge in [-0.2, -0.15) is 0 Å². The molecule has 4 heteroatoms. The molecule has 1 unspecified atom stereocenters. The first kappa shape index (κ1) is 14.9. The zero-order chi connectivity index (χ0) is 12.4. The molecule has 1 amide bonds. The first-order chi connectivity index (χ1) is 7.74. The van der Waals surface area contributed by atoms with Gasteiger partial charge in [-0.15, -0.1) is 0 Å². The van der Waals surface area contributed by atoms with Crippen molar-refractivity contribution in [3.05, 3.63) is 0 Å². The number of carbonyl (C=O) groups is 2. The highest BCUT2D eigenvalue weighted by molar-refractivity contribution is 5.85. The van der Waals surface area contributed by atoms with E-state index in [0.717, 1.165) is 19.3 Å². The van der Waals surface area contributed by atoms with Crippen LogP contribution in [0.25, 0.3) is 0 Å². The lowest BCUT2D eigenvalue weighted by atomic mass is 10.2. The lowest BCUT2D eigenvalue weighted by Crippen LogP contribution is -2.27. The summed E-state index contributed by atoms with van der Waals surface area (Å²) in [5.74, 6) is -0.408. The molecule has 0 aromatic rings. The van der Waals surface area contributed by atoms with Crippen molar-refractivity contribution in [2.75, 3.05) is 6.54 Å². The molecular formula is C12H23NO3. The molecule has 16 heavy (non-hydrogen) atoms. The van der Waals surface area contributed by atoms with Crippen LogP contribution in [0.3, 0.4) is 0 Å². The Hall–Kier alpha value is -1.06. The minimum absolute atomic E-state index is 0.158. The van der Waals surface area contributed by atoms with Crippen LogP contribution in [0, 0.1) is 0 Å². The molecule has 1 atom stereocenters. The number of rotatable bonds is 5. The highest BCUT2D eigenvalue weighted by Gasteiger charge is 2.27. The third-order valence-corrected chi connectivity index (χ3v) is 2.26. The van der Waals surface area contributed by atoms with E-state index in [9.17, 15) is 9.59 Å². The number of nitrogens with one attached hydrogen (secondary N) is 1. The van der Waals surface area contributed by atoms with E-state index in [1.165, 1.54) is 0 Å². The van der Waals surface area contributed by atoms with Crippen LogP contribution in [-0.2, 0) is 14.3 Å². The molecule has 94 valence electrons. The zero-order valence-electron chi connectivity index (χ0n) is 10.5. The normalized spacial score (nSPS) is 18.4. The van der Waals surface area contributed by atoms with Gasteiger partial charge in [0.15, 0.2) is 6.10 Å². The molecule has 1 rings (SSSR count). The van der Waals surface area contributed by atoms with E-state index in [-0.39, 0.29) is 11.9 Å². The molecule has 0 radical (unpaired) electrons. The minimum atomic E-state index is -0.538. The van der Waals surface area contributed by atoms with E-state index in [1.807, 2.05) is 13.8 Å². The lowest BCUT2D eigenvalue weighted by Gasteiger charge is -2.08. The summed E-state index contributed by atoms with van der Waals surface area (Å²) < 4.78 is 5.02. The van der Waals surface area contributed by atoms with Gasteiger partial charge < -0.3 is 10.1 Å². The summed E-state index contributed by atoms with van der Waals surface area (Å²) in [7, 11) is 0. The Balaban J connectivity index is 0.00000106. The molecule has 1 fully saturated rings. The molecule has 0 aromatic carbocycles. The molecule has 0 spiro atoms. The highest BCUT2D eigenvalue weighted by Crippen LogP contribution is 2.08. The number of ether oxygens (including phenoxy) is 1. The molecule has 1 N–H and O–H groups in total. The first-order valence-electron chi connectivity index (χ1n) is 6.21. The second kappa shape index (κ2) is 9.19. The van der Waals surface area contributed by atoms with Gasteiger partial charge in [-0.1, -0.05) is 33.6 Å². The standard InChI is InChI=1S/C10H17NO3.C2H6/c1-2-3-4-5-9(12)14-8-6-7-11-10(8)13;1-2/h8H,2-7H2,1H3,(H,11,13);1-2H3. The van der Waals surface area contributed by atoms with E-state index in [2.05, 4.69) is 12.2 Å². The van der Waals surface area contributed by atoms with E-state index in [1.54, 1.807) is 0 Å². The van der Waals surface area contributed by atoms with E-state index < -0.39 is 6.10 Å². The van der Waals surface area contributed by atoms with Crippen molar-refractivity contribution in [3.8, 4) is 0 Å². The number of esters is 1. The summed E-state index contributed by atoms with van der Waals surface area (Å²) in [6.45, 7) is 6.70. The molecule has 0 aromatic heterocycles. The topological polar surface area (TPSA) is 55.4 Å². The average Bonchev–Trinajstić information content (AvgIpc) is 2.68. The molecule has 1 aliphatic heterocycles. The van der Waals surface area contributed by atoms with Crippen LogP contribution in [-0.4, -0.2) is 24.5 Å². The van der Waals surface area contributed by atoms with Gasteiger partial charge in [0.05, 0.1) is 0 Å². The van der Waals surface area contributed by atoms with Crippen LogP contribution in [0.5, 0.6) is 0 Å².